The summed E-state index contributed by atoms with van der Waals surface area (Å²) in [5.41, 5.74) is 0.928. The van der Waals surface area contributed by atoms with E-state index >= 15 is 0 Å². The molecule has 0 aliphatic carbocycles. The topological polar surface area (TPSA) is 103 Å². The highest BCUT2D eigenvalue weighted by Crippen LogP contribution is 2.08. The first-order valence-electron chi connectivity index (χ1n) is 4.81. The third-order valence-corrected chi connectivity index (χ3v) is 2.52. The fraction of sp³-hybridized carbons (Fsp3) is 0.400. The van der Waals surface area contributed by atoms with Gasteiger partial charge < -0.3 is 9.66 Å². The maximum Gasteiger partial charge on any atom is 0.197 e. The first-order chi connectivity index (χ1) is 7.56. The molecule has 0 aliphatic heterocycles. The van der Waals surface area contributed by atoms with Crippen molar-refractivity contribution in [3.63, 3.8) is 0 Å². The van der Waals surface area contributed by atoms with Gasteiger partial charge in [-0.05, 0) is 19.1 Å². The molecule has 0 heterocycles. The largest absolute Gasteiger partial charge is 0.744 e. The van der Waals surface area contributed by atoms with E-state index in [1.165, 1.54) is 12.1 Å². The highest BCUT2D eigenvalue weighted by molar-refractivity contribution is 7.85. The van der Waals surface area contributed by atoms with Crippen LogP contribution in [0.1, 0.15) is 5.56 Å². The summed E-state index contributed by atoms with van der Waals surface area (Å²) in [6.07, 6.45) is 0. The summed E-state index contributed by atoms with van der Waals surface area (Å²) in [4.78, 5) is -0.178. The number of aliphatic hydroxyl groups excluding tert-OH is 1. The summed E-state index contributed by atoms with van der Waals surface area (Å²) >= 11 is 0. The molecule has 0 saturated carbocycles. The van der Waals surface area contributed by atoms with Gasteiger partial charge in [0.25, 0.3) is 0 Å². The maximum absolute atomic E-state index is 10.4. The van der Waals surface area contributed by atoms with Crippen molar-refractivity contribution in [1.29, 1.82) is 0 Å². The molecule has 17 heavy (non-hydrogen) atoms. The Morgan fingerprint density at radius 1 is 1.29 bits per heavy atom. The molecule has 3 N–H and O–H groups in total. The Bertz CT molecular complexity index is 434. The van der Waals surface area contributed by atoms with E-state index < -0.39 is 10.1 Å². The van der Waals surface area contributed by atoms with Crippen molar-refractivity contribution < 1.29 is 22.7 Å². The Balaban J connectivity index is 0.000000366. The Labute approximate surface area is 102 Å². The third kappa shape index (κ3) is 7.83. The van der Waals surface area contributed by atoms with Crippen LogP contribution in [0.2, 0.25) is 0 Å². The quantitative estimate of drug-likeness (QED) is 0.252. The first-order valence-corrected chi connectivity index (χ1v) is 6.22. The lowest BCUT2D eigenvalue weighted by Gasteiger charge is -2.17. The summed E-state index contributed by atoms with van der Waals surface area (Å²) in [6.45, 7) is 1.81. The van der Waals surface area contributed by atoms with Gasteiger partial charge in [0.2, 0.25) is 0 Å². The van der Waals surface area contributed by atoms with E-state index in [1.807, 2.05) is 6.92 Å². The van der Waals surface area contributed by atoms with Crippen molar-refractivity contribution in [3.05, 3.63) is 29.8 Å². The predicted molar refractivity (Wildman–Crippen MR) is 62.5 cm³/mol. The molecule has 7 heteroatoms. The summed E-state index contributed by atoms with van der Waals surface area (Å²) in [7, 11) is -0.853. The number of nitrogens with zero attached hydrogens (tertiary/aromatic N) is 1. The van der Waals surface area contributed by atoms with Crippen LogP contribution in [0.4, 0.5) is 0 Å². The van der Waals surface area contributed by atoms with E-state index in [1.54, 1.807) is 26.2 Å². The van der Waals surface area contributed by atoms with Crippen LogP contribution in [0, 0.1) is 6.92 Å². The number of aryl methyl sites for hydroxylation is 1. The zero-order valence-electron chi connectivity index (χ0n) is 10.1. The molecular weight excluding hydrogens is 244 g/mol. The van der Waals surface area contributed by atoms with Gasteiger partial charge in [-0.3, -0.25) is 0 Å². The monoisotopic (exact) mass is 262 g/mol. The lowest BCUT2D eigenvalue weighted by Crippen LogP contribution is -2.47. The van der Waals surface area contributed by atoms with Crippen molar-refractivity contribution in [2.75, 3.05) is 20.8 Å². The average Bonchev–Trinajstić information content (AvgIpc) is 2.17. The number of benzene rings is 1. The molecule has 0 fully saturated rings. The second-order valence-electron chi connectivity index (χ2n) is 4.19. The number of nitrogens with two attached hydrogens (primary N) is 1. The van der Waals surface area contributed by atoms with Gasteiger partial charge in [0.05, 0.1) is 19.0 Å². The Kier molecular flexibility index (Phi) is 5.73. The van der Waals surface area contributed by atoms with Gasteiger partial charge in [-0.1, -0.05) is 17.7 Å². The van der Waals surface area contributed by atoms with E-state index in [0.29, 0.717) is 0 Å². The Hall–Kier alpha value is -0.990. The van der Waals surface area contributed by atoms with Crippen LogP contribution in [0.5, 0.6) is 0 Å². The van der Waals surface area contributed by atoms with Crippen LogP contribution < -0.4 is 5.84 Å². The number of hydrogen-bond donors (Lipinski definition) is 2. The van der Waals surface area contributed by atoms with Gasteiger partial charge in [-0.15, -0.1) is 0 Å². The summed E-state index contributed by atoms with van der Waals surface area (Å²) in [6, 6.07) is 5.78. The van der Waals surface area contributed by atoms with Crippen molar-refractivity contribution in [3.8, 4) is 0 Å². The van der Waals surface area contributed by atoms with Gasteiger partial charge in [-0.25, -0.2) is 13.0 Å². The van der Waals surface area contributed by atoms with Gasteiger partial charge in [0, 0.05) is 0 Å². The first kappa shape index (κ1) is 16.0. The second-order valence-corrected chi connectivity index (χ2v) is 5.57. The van der Waals surface area contributed by atoms with E-state index in [-0.39, 0.29) is 16.2 Å². The number of aliphatic hydroxyl groups is 1. The number of rotatable bonds is 2. The minimum Gasteiger partial charge on any atom is -0.744 e. The summed E-state index contributed by atoms with van der Waals surface area (Å²) in [5.74, 6) is 5.22. The van der Waals surface area contributed by atoms with E-state index in [4.69, 9.17) is 10.9 Å². The molecule has 1 aromatic rings. The molecule has 0 spiro atoms. The molecule has 0 atom stereocenters. The lowest BCUT2D eigenvalue weighted by molar-refractivity contribution is -0.920. The van der Waals surface area contributed by atoms with Gasteiger partial charge in [0.1, 0.15) is 10.1 Å². The highest BCUT2D eigenvalue weighted by atomic mass is 32.2. The molecule has 0 aromatic heterocycles. The fourth-order valence-electron chi connectivity index (χ4n) is 0.705. The van der Waals surface area contributed by atoms with Crippen molar-refractivity contribution in [1.82, 2.24) is 0 Å². The molecule has 6 nitrogen and oxygen atoms in total. The molecule has 0 saturated heterocycles. The van der Waals surface area contributed by atoms with Crippen LogP contribution >= 0.6 is 0 Å². The van der Waals surface area contributed by atoms with Crippen LogP contribution in [0.15, 0.2) is 29.2 Å². The summed E-state index contributed by atoms with van der Waals surface area (Å²) < 4.78 is 31.3. The third-order valence-electron chi connectivity index (χ3n) is 1.67. The zero-order valence-corrected chi connectivity index (χ0v) is 10.9. The smallest absolute Gasteiger partial charge is 0.197 e. The van der Waals surface area contributed by atoms with E-state index in [9.17, 15) is 13.0 Å². The maximum atomic E-state index is 10.4. The lowest BCUT2D eigenvalue weighted by atomic mass is 10.2. The zero-order chi connectivity index (χ0) is 13.7. The predicted octanol–water partition coefficient (Wildman–Crippen LogP) is -0.215. The van der Waals surface area contributed by atoms with Crippen LogP contribution in [0.25, 0.3) is 0 Å². The van der Waals surface area contributed by atoms with Gasteiger partial charge in [0.15, 0.2) is 6.73 Å². The standard InChI is InChI=1S/C7H8O3S.C3H11N2O/c1-6-2-4-7(5-3-6)11(8,9)10;1-5(2,4)3-6/h2-5H,1H3,(H,8,9,10);6H,3-4H2,1-2H3/q;+1/p-1. The average molecular weight is 262 g/mol. The normalized spacial score (nSPS) is 11.6. The molecule has 0 aliphatic rings. The molecular formula is C10H18N2O4S. The Morgan fingerprint density at radius 2 is 1.65 bits per heavy atom. The SMILES string of the molecule is C[N+](C)(N)CO.Cc1ccc(S(=O)(=O)[O-])cc1. The minimum absolute atomic E-state index is 0.0139. The molecule has 1 aromatic carbocycles. The molecule has 0 amide bonds. The molecule has 0 bridgehead atoms. The van der Waals surface area contributed by atoms with Crippen LogP contribution in [0.3, 0.4) is 0 Å². The van der Waals surface area contributed by atoms with Gasteiger partial charge >= 0.3 is 0 Å². The van der Waals surface area contributed by atoms with E-state index in [0.717, 1.165) is 5.56 Å². The van der Waals surface area contributed by atoms with Crippen molar-refractivity contribution in [2.24, 2.45) is 5.84 Å². The van der Waals surface area contributed by atoms with Crippen molar-refractivity contribution >= 4 is 10.1 Å². The van der Waals surface area contributed by atoms with Crippen LogP contribution in [-0.2, 0) is 10.1 Å². The van der Waals surface area contributed by atoms with Crippen molar-refractivity contribution in [2.45, 2.75) is 11.8 Å². The Morgan fingerprint density at radius 3 is 1.88 bits per heavy atom. The second kappa shape index (κ2) is 6.08. The minimum atomic E-state index is -4.27. The molecule has 0 radical (unpaired) electrons. The van der Waals surface area contributed by atoms with Gasteiger partial charge in [-0.2, -0.15) is 5.84 Å². The number of quaternary nitrogens is 1. The number of hydrogen-bond acceptors (Lipinski definition) is 5. The molecule has 1 rings (SSSR count). The molecule has 98 valence electrons. The van der Waals surface area contributed by atoms with E-state index in [2.05, 4.69) is 0 Å². The highest BCUT2D eigenvalue weighted by Gasteiger charge is 2.00. The van der Waals surface area contributed by atoms with Crippen LogP contribution in [-0.4, -0.2) is 43.5 Å². The molecule has 0 unspecified atom stereocenters. The fourth-order valence-corrected chi connectivity index (χ4v) is 1.17. The summed E-state index contributed by atoms with van der Waals surface area (Å²) in [5, 5.41) is 8.25.